The van der Waals surface area contributed by atoms with Crippen LogP contribution in [0.4, 0.5) is 0 Å². The van der Waals surface area contributed by atoms with Gasteiger partial charge in [0.15, 0.2) is 11.5 Å². The van der Waals surface area contributed by atoms with Crippen LogP contribution in [0.25, 0.3) is 5.69 Å². The molecular formula is C24H29N3O3. The summed E-state index contributed by atoms with van der Waals surface area (Å²) < 4.78 is 12.7. The van der Waals surface area contributed by atoms with Crippen LogP contribution >= 0.6 is 0 Å². The van der Waals surface area contributed by atoms with Crippen molar-refractivity contribution in [3.05, 3.63) is 70.5 Å². The van der Waals surface area contributed by atoms with Gasteiger partial charge in [0.25, 0.3) is 0 Å². The zero-order valence-corrected chi connectivity index (χ0v) is 18.4. The minimum absolute atomic E-state index is 0.0458. The lowest BCUT2D eigenvalue weighted by Gasteiger charge is -2.19. The molecule has 0 aliphatic heterocycles. The molecule has 0 saturated carbocycles. The smallest absolute Gasteiger partial charge is 0.225 e. The van der Waals surface area contributed by atoms with Gasteiger partial charge in [-0.2, -0.15) is 5.10 Å². The molecule has 2 aromatic carbocycles. The molecule has 1 N–H and O–H groups in total. The fourth-order valence-corrected chi connectivity index (χ4v) is 3.75. The second-order valence-electron chi connectivity index (χ2n) is 7.43. The Kier molecular flexibility index (Phi) is 6.45. The van der Waals surface area contributed by atoms with Crippen LogP contribution in [0.2, 0.25) is 0 Å². The molecular weight excluding hydrogens is 378 g/mol. The third kappa shape index (κ3) is 4.32. The van der Waals surface area contributed by atoms with E-state index >= 15 is 0 Å². The summed E-state index contributed by atoms with van der Waals surface area (Å²) in [6, 6.07) is 13.6. The first-order chi connectivity index (χ1) is 14.3. The van der Waals surface area contributed by atoms with Gasteiger partial charge in [-0.3, -0.25) is 4.79 Å². The Balaban J connectivity index is 1.77. The zero-order valence-electron chi connectivity index (χ0n) is 18.4. The third-order valence-corrected chi connectivity index (χ3v) is 5.40. The van der Waals surface area contributed by atoms with Gasteiger partial charge in [0.2, 0.25) is 5.91 Å². The Morgan fingerprint density at radius 3 is 2.33 bits per heavy atom. The second-order valence-corrected chi connectivity index (χ2v) is 7.43. The number of aromatic nitrogens is 2. The molecule has 0 aliphatic carbocycles. The Labute approximate surface area is 177 Å². The molecule has 6 nitrogen and oxygen atoms in total. The summed E-state index contributed by atoms with van der Waals surface area (Å²) in [6.07, 6.45) is 0.279. The number of ether oxygens (including phenoxy) is 2. The molecule has 0 fully saturated rings. The first-order valence-electron chi connectivity index (χ1n) is 9.98. The van der Waals surface area contributed by atoms with Crippen LogP contribution in [-0.4, -0.2) is 29.9 Å². The highest BCUT2D eigenvalue weighted by atomic mass is 16.5. The molecule has 6 heteroatoms. The highest BCUT2D eigenvalue weighted by Crippen LogP contribution is 2.33. The summed E-state index contributed by atoms with van der Waals surface area (Å²) in [5, 5.41) is 7.74. The highest BCUT2D eigenvalue weighted by molar-refractivity contribution is 5.79. The number of carbonyl (C=O) groups excluding carboxylic acids is 1. The van der Waals surface area contributed by atoms with Gasteiger partial charge in [0.05, 0.1) is 38.1 Å². The molecule has 0 radical (unpaired) electrons. The summed E-state index contributed by atoms with van der Waals surface area (Å²) in [5.41, 5.74) is 5.80. The minimum atomic E-state index is -0.165. The predicted octanol–water partition coefficient (Wildman–Crippen LogP) is 4.23. The second kappa shape index (κ2) is 9.03. The number of aryl methyl sites for hydroxylation is 2. The quantitative estimate of drug-likeness (QED) is 0.636. The van der Waals surface area contributed by atoms with E-state index in [2.05, 4.69) is 10.4 Å². The molecule has 0 spiro atoms. The van der Waals surface area contributed by atoms with Gasteiger partial charge < -0.3 is 14.8 Å². The first kappa shape index (κ1) is 21.4. The van der Waals surface area contributed by atoms with Crippen LogP contribution in [0.1, 0.15) is 41.0 Å². The number of nitrogens with one attached hydrogen (secondary N) is 1. The Morgan fingerprint density at radius 1 is 1.07 bits per heavy atom. The minimum Gasteiger partial charge on any atom is -0.493 e. The summed E-state index contributed by atoms with van der Waals surface area (Å²) in [5.74, 6) is 1.28. The van der Waals surface area contributed by atoms with Crippen molar-refractivity contribution < 1.29 is 14.3 Å². The number of methoxy groups -OCH3 is 2. The van der Waals surface area contributed by atoms with Gasteiger partial charge >= 0.3 is 0 Å². The summed E-state index contributed by atoms with van der Waals surface area (Å²) in [4.78, 5) is 12.8. The lowest BCUT2D eigenvalue weighted by atomic mass is 10.0. The fourth-order valence-electron chi connectivity index (χ4n) is 3.75. The van der Waals surface area contributed by atoms with E-state index in [1.807, 2.05) is 74.8 Å². The van der Waals surface area contributed by atoms with Crippen molar-refractivity contribution in [1.29, 1.82) is 0 Å². The Bertz CT molecular complexity index is 1040. The number of amides is 1. The van der Waals surface area contributed by atoms with Gasteiger partial charge in [-0.15, -0.1) is 0 Å². The van der Waals surface area contributed by atoms with E-state index in [1.165, 1.54) is 0 Å². The molecule has 1 amide bonds. The lowest BCUT2D eigenvalue weighted by molar-refractivity contribution is -0.121. The van der Waals surface area contributed by atoms with Crippen LogP contribution in [0.3, 0.4) is 0 Å². The van der Waals surface area contributed by atoms with Gasteiger partial charge in [-0.1, -0.05) is 18.2 Å². The fraction of sp³-hybridized carbons (Fsp3) is 0.333. The normalized spacial score (nSPS) is 11.8. The van der Waals surface area contributed by atoms with Crippen molar-refractivity contribution in [2.24, 2.45) is 0 Å². The van der Waals surface area contributed by atoms with Gasteiger partial charge in [-0.25, -0.2) is 4.68 Å². The van der Waals surface area contributed by atoms with E-state index in [1.54, 1.807) is 14.2 Å². The highest BCUT2D eigenvalue weighted by Gasteiger charge is 2.19. The molecule has 3 rings (SSSR count). The van der Waals surface area contributed by atoms with Crippen LogP contribution in [0.15, 0.2) is 42.5 Å². The van der Waals surface area contributed by atoms with Gasteiger partial charge in [0, 0.05) is 11.3 Å². The van der Waals surface area contributed by atoms with E-state index < -0.39 is 0 Å². The lowest BCUT2D eigenvalue weighted by Crippen LogP contribution is -2.29. The molecule has 30 heavy (non-hydrogen) atoms. The number of rotatable bonds is 7. The van der Waals surface area contributed by atoms with E-state index in [9.17, 15) is 4.79 Å². The van der Waals surface area contributed by atoms with Crippen LogP contribution in [0, 0.1) is 20.8 Å². The number of nitrogens with zero attached hydrogens (tertiary/aromatic N) is 2. The number of benzene rings is 2. The Morgan fingerprint density at radius 2 is 1.70 bits per heavy atom. The molecule has 3 aromatic rings. The molecule has 1 aromatic heterocycles. The van der Waals surface area contributed by atoms with Crippen molar-refractivity contribution in [1.82, 2.24) is 15.1 Å². The SMILES string of the molecule is COc1cc(C)c([C@H](C)NC(=O)Cc2c(C)nn(-c3ccccc3)c2C)cc1OC. The third-order valence-electron chi connectivity index (χ3n) is 5.40. The number of carbonyl (C=O) groups is 1. The Hall–Kier alpha value is -3.28. The maximum atomic E-state index is 12.8. The molecule has 0 saturated heterocycles. The van der Waals surface area contributed by atoms with Gasteiger partial charge in [0.1, 0.15) is 0 Å². The zero-order chi connectivity index (χ0) is 21.8. The van der Waals surface area contributed by atoms with Crippen molar-refractivity contribution in [2.75, 3.05) is 14.2 Å². The number of hydrogen-bond donors (Lipinski definition) is 1. The molecule has 158 valence electrons. The van der Waals surface area contributed by atoms with Crippen molar-refractivity contribution in [3.8, 4) is 17.2 Å². The average Bonchev–Trinajstić information content (AvgIpc) is 3.02. The number of hydrogen-bond acceptors (Lipinski definition) is 4. The molecule has 1 atom stereocenters. The van der Waals surface area contributed by atoms with Crippen molar-refractivity contribution >= 4 is 5.91 Å². The maximum Gasteiger partial charge on any atom is 0.225 e. The van der Waals surface area contributed by atoms with Crippen LogP contribution in [-0.2, 0) is 11.2 Å². The first-order valence-corrected chi connectivity index (χ1v) is 9.98. The standard InChI is InChI=1S/C24H29N3O3/c1-15-12-22(29-5)23(30-6)13-20(15)16(2)25-24(28)14-21-17(3)26-27(18(21)4)19-10-8-7-9-11-19/h7-13,16H,14H2,1-6H3,(H,25,28)/t16-/m0/s1. The van der Waals surface area contributed by atoms with E-state index in [0.717, 1.165) is 33.8 Å². The molecule has 0 unspecified atom stereocenters. The van der Waals surface area contributed by atoms with Crippen LogP contribution in [0.5, 0.6) is 11.5 Å². The van der Waals surface area contributed by atoms with E-state index in [-0.39, 0.29) is 18.4 Å². The average molecular weight is 408 g/mol. The molecule has 1 heterocycles. The van der Waals surface area contributed by atoms with Crippen molar-refractivity contribution in [2.45, 2.75) is 40.2 Å². The van der Waals surface area contributed by atoms with Gasteiger partial charge in [-0.05, 0) is 63.1 Å². The monoisotopic (exact) mass is 407 g/mol. The van der Waals surface area contributed by atoms with Crippen LogP contribution < -0.4 is 14.8 Å². The molecule has 0 aliphatic rings. The topological polar surface area (TPSA) is 65.4 Å². The largest absolute Gasteiger partial charge is 0.493 e. The van der Waals surface area contributed by atoms with Crippen molar-refractivity contribution in [3.63, 3.8) is 0 Å². The predicted molar refractivity (Wildman–Crippen MR) is 118 cm³/mol. The summed E-state index contributed by atoms with van der Waals surface area (Å²) in [6.45, 7) is 7.91. The van der Waals surface area contributed by atoms with E-state index in [4.69, 9.17) is 9.47 Å². The molecule has 0 bridgehead atoms. The summed E-state index contributed by atoms with van der Waals surface area (Å²) in [7, 11) is 3.22. The number of para-hydroxylation sites is 1. The summed E-state index contributed by atoms with van der Waals surface area (Å²) >= 11 is 0. The maximum absolute atomic E-state index is 12.8. The van der Waals surface area contributed by atoms with E-state index in [0.29, 0.717) is 11.5 Å².